The summed E-state index contributed by atoms with van der Waals surface area (Å²) in [5.41, 5.74) is 5.24. The first-order chi connectivity index (χ1) is 21.1. The predicted octanol–water partition coefficient (Wildman–Crippen LogP) is 2.42. The average molecular weight is 583 g/mol. The highest BCUT2D eigenvalue weighted by molar-refractivity contribution is 5.87. The lowest BCUT2D eigenvalue weighted by atomic mass is 9.88. The molecule has 0 bridgehead atoms. The molecule has 43 heavy (non-hydrogen) atoms. The minimum Gasteiger partial charge on any atom is -0.379 e. The molecule has 0 spiro atoms. The number of hydrogen-bond acceptors (Lipinski definition) is 9. The minimum atomic E-state index is -0.186. The summed E-state index contributed by atoms with van der Waals surface area (Å²) in [6, 6.07) is 11.9. The number of carbonyl (C=O) groups excluding carboxylic acids is 1. The summed E-state index contributed by atoms with van der Waals surface area (Å²) in [6.07, 6.45) is 6.89. The van der Waals surface area contributed by atoms with Crippen molar-refractivity contribution in [2.45, 2.75) is 56.7 Å². The van der Waals surface area contributed by atoms with Gasteiger partial charge in [-0.3, -0.25) is 9.69 Å². The third kappa shape index (κ3) is 5.45. The molecule has 10 heteroatoms. The topological polar surface area (TPSA) is 92.1 Å². The van der Waals surface area contributed by atoms with E-state index in [1.807, 2.05) is 0 Å². The fourth-order valence-electron chi connectivity index (χ4n) is 7.70. The lowest BCUT2D eigenvalue weighted by Gasteiger charge is -2.47. The molecule has 7 rings (SSSR count). The molecule has 2 atom stereocenters. The van der Waals surface area contributed by atoms with Gasteiger partial charge in [0, 0.05) is 82.1 Å². The van der Waals surface area contributed by atoms with Gasteiger partial charge in [-0.05, 0) is 43.4 Å². The van der Waals surface area contributed by atoms with Crippen LogP contribution < -0.4 is 14.7 Å². The van der Waals surface area contributed by atoms with Crippen LogP contribution in [0.3, 0.4) is 0 Å². The lowest BCUT2D eigenvalue weighted by Crippen LogP contribution is -2.62. The van der Waals surface area contributed by atoms with E-state index in [9.17, 15) is 10.1 Å². The number of fused-ring (bicyclic) bond motifs is 2. The van der Waals surface area contributed by atoms with Crippen LogP contribution in [-0.4, -0.2) is 109 Å². The largest absolute Gasteiger partial charge is 0.379 e. The average Bonchev–Trinajstić information content (AvgIpc) is 3.03. The van der Waals surface area contributed by atoms with Crippen molar-refractivity contribution in [2.24, 2.45) is 0 Å². The van der Waals surface area contributed by atoms with Crippen molar-refractivity contribution in [1.82, 2.24) is 19.8 Å². The number of para-hydroxylation sites is 1. The molecular formula is C33H42N8O2. The fraction of sp³-hybridized carbons (Fsp3) is 0.576. The van der Waals surface area contributed by atoms with Crippen LogP contribution in [0.25, 0.3) is 0 Å². The van der Waals surface area contributed by atoms with Crippen LogP contribution >= 0.6 is 0 Å². The molecule has 226 valence electrons. The number of carbonyl (C=O) groups is 1. The quantitative estimate of drug-likeness (QED) is 0.476. The van der Waals surface area contributed by atoms with Gasteiger partial charge in [-0.15, -0.1) is 0 Å². The molecule has 1 aromatic heterocycles. The summed E-state index contributed by atoms with van der Waals surface area (Å²) < 4.78 is 5.57. The normalized spacial score (nSPS) is 24.5. The van der Waals surface area contributed by atoms with E-state index in [0.29, 0.717) is 38.1 Å². The molecule has 1 amide bonds. The molecule has 10 nitrogen and oxygen atoms in total. The van der Waals surface area contributed by atoms with Gasteiger partial charge in [-0.25, -0.2) is 4.98 Å². The van der Waals surface area contributed by atoms with Crippen LogP contribution in [0.1, 0.15) is 36.1 Å². The molecule has 1 aromatic carbocycles. The zero-order valence-corrected chi connectivity index (χ0v) is 25.0. The molecule has 3 fully saturated rings. The Bertz CT molecular complexity index is 1400. The molecule has 2 aromatic rings. The number of aryl methyl sites for hydroxylation is 1. The second-order valence-corrected chi connectivity index (χ2v) is 12.5. The van der Waals surface area contributed by atoms with Gasteiger partial charge < -0.3 is 24.3 Å². The fourth-order valence-corrected chi connectivity index (χ4v) is 7.70. The van der Waals surface area contributed by atoms with Crippen molar-refractivity contribution < 1.29 is 9.53 Å². The molecule has 4 aliphatic heterocycles. The van der Waals surface area contributed by atoms with Crippen molar-refractivity contribution in [3.05, 3.63) is 53.7 Å². The van der Waals surface area contributed by atoms with Crippen molar-refractivity contribution >= 4 is 23.4 Å². The van der Waals surface area contributed by atoms with E-state index >= 15 is 0 Å². The first-order valence-electron chi connectivity index (χ1n) is 16.0. The zero-order chi connectivity index (χ0) is 29.3. The number of aromatic nitrogens is 2. The van der Waals surface area contributed by atoms with E-state index < -0.39 is 0 Å². The van der Waals surface area contributed by atoms with Crippen molar-refractivity contribution in [3.8, 4) is 6.07 Å². The highest BCUT2D eigenvalue weighted by atomic mass is 16.5. The van der Waals surface area contributed by atoms with Gasteiger partial charge in [0.1, 0.15) is 5.82 Å². The number of hydrogen-bond donors (Lipinski definition) is 0. The Kier molecular flexibility index (Phi) is 7.93. The Morgan fingerprint density at radius 2 is 1.86 bits per heavy atom. The number of ether oxygens (including phenoxy) is 1. The lowest BCUT2D eigenvalue weighted by molar-refractivity contribution is -0.128. The molecule has 2 unspecified atom stereocenters. The first kappa shape index (κ1) is 28.1. The van der Waals surface area contributed by atoms with Gasteiger partial charge in [0.25, 0.3) is 0 Å². The Hall–Kier alpha value is -3.68. The number of nitrogens with zero attached hydrogens (tertiary/aromatic N) is 8. The van der Waals surface area contributed by atoms with Crippen LogP contribution in [0.2, 0.25) is 0 Å². The van der Waals surface area contributed by atoms with Gasteiger partial charge in [-0.2, -0.15) is 10.2 Å². The van der Waals surface area contributed by atoms with Crippen LogP contribution in [0.4, 0.5) is 17.5 Å². The summed E-state index contributed by atoms with van der Waals surface area (Å²) >= 11 is 0. The number of piperazine rings is 1. The third-order valence-electron chi connectivity index (χ3n) is 10.1. The predicted molar refractivity (Wildman–Crippen MR) is 166 cm³/mol. The molecule has 5 aliphatic rings. The van der Waals surface area contributed by atoms with Gasteiger partial charge >= 0.3 is 0 Å². The number of benzene rings is 1. The summed E-state index contributed by atoms with van der Waals surface area (Å²) in [4.78, 5) is 34.7. The van der Waals surface area contributed by atoms with Gasteiger partial charge in [0.2, 0.25) is 11.9 Å². The van der Waals surface area contributed by atoms with Crippen LogP contribution in [0, 0.1) is 11.3 Å². The van der Waals surface area contributed by atoms with Crippen LogP contribution in [0.15, 0.2) is 36.9 Å². The summed E-state index contributed by atoms with van der Waals surface area (Å²) in [6.45, 7) is 12.1. The number of amides is 1. The first-order valence-corrected chi connectivity index (χ1v) is 16.0. The van der Waals surface area contributed by atoms with E-state index in [4.69, 9.17) is 14.7 Å². The second-order valence-electron chi connectivity index (χ2n) is 12.5. The summed E-state index contributed by atoms with van der Waals surface area (Å²) in [7, 11) is 0. The summed E-state index contributed by atoms with van der Waals surface area (Å²) in [5, 5.41) is 9.57. The van der Waals surface area contributed by atoms with Gasteiger partial charge in [0.05, 0.1) is 37.4 Å². The second kappa shape index (κ2) is 12.1. The molecule has 0 radical (unpaired) electrons. The number of nitriles is 1. The number of rotatable bonds is 6. The molecule has 5 heterocycles. The zero-order valence-electron chi connectivity index (χ0n) is 25.0. The molecule has 0 N–H and O–H groups in total. The minimum absolute atomic E-state index is 0.107. The van der Waals surface area contributed by atoms with E-state index in [2.05, 4.69) is 56.5 Å². The Balaban J connectivity index is 1.18. The molecular weight excluding hydrogens is 540 g/mol. The SMILES string of the molecule is C=CC(=O)N1CCN(c2nc(N3CC(N4CCOCC4)C3)nc3c2CCC(N2CCCc4ccccc42)C3)CC1CC#N. The Labute approximate surface area is 254 Å². The number of morpholine rings is 1. The highest BCUT2D eigenvalue weighted by Gasteiger charge is 2.38. The van der Waals surface area contributed by atoms with Crippen LogP contribution in [0.5, 0.6) is 0 Å². The van der Waals surface area contributed by atoms with Gasteiger partial charge in [-0.1, -0.05) is 24.8 Å². The third-order valence-corrected chi connectivity index (χ3v) is 10.1. The van der Waals surface area contributed by atoms with E-state index in [1.54, 1.807) is 4.90 Å². The van der Waals surface area contributed by atoms with E-state index in [1.165, 1.54) is 29.3 Å². The maximum atomic E-state index is 12.6. The monoisotopic (exact) mass is 582 g/mol. The van der Waals surface area contributed by atoms with Crippen molar-refractivity contribution in [1.29, 1.82) is 5.26 Å². The maximum Gasteiger partial charge on any atom is 0.246 e. The maximum absolute atomic E-state index is 12.6. The Morgan fingerprint density at radius 3 is 2.67 bits per heavy atom. The standard InChI is InChI=1S/C33H42N8O2/c1-2-31(42)41-15-14-38(21-26(41)11-12-34)32-28-10-9-25(40-13-5-7-24-6-3-4-8-30(24)40)20-29(28)35-33(36-32)39-22-27(23-39)37-16-18-43-19-17-37/h2-4,6,8,25-27H,1,5,7,9-11,13-23H2. The molecule has 3 saturated heterocycles. The smallest absolute Gasteiger partial charge is 0.246 e. The van der Waals surface area contributed by atoms with Crippen molar-refractivity contribution in [3.63, 3.8) is 0 Å². The molecule has 0 saturated carbocycles. The van der Waals surface area contributed by atoms with E-state index in [-0.39, 0.29) is 11.9 Å². The van der Waals surface area contributed by atoms with E-state index in [0.717, 1.165) is 89.1 Å². The van der Waals surface area contributed by atoms with Crippen molar-refractivity contribution in [2.75, 3.05) is 80.3 Å². The molecule has 1 aliphatic carbocycles. The van der Waals surface area contributed by atoms with Gasteiger partial charge in [0.15, 0.2) is 0 Å². The highest BCUT2D eigenvalue weighted by Crippen LogP contribution is 2.37. The Morgan fingerprint density at radius 1 is 1.02 bits per heavy atom. The number of anilines is 3. The summed E-state index contributed by atoms with van der Waals surface area (Å²) in [5.74, 6) is 1.71. The van der Waals surface area contributed by atoms with Crippen LogP contribution in [-0.2, 0) is 28.8 Å².